The first-order chi connectivity index (χ1) is 12.8. The van der Waals surface area contributed by atoms with Crippen LogP contribution in [0.3, 0.4) is 0 Å². The van der Waals surface area contributed by atoms with Crippen LogP contribution in [0, 0.1) is 0 Å². The molecule has 2 N–H and O–H groups in total. The summed E-state index contributed by atoms with van der Waals surface area (Å²) in [5.74, 6) is 0.888. The van der Waals surface area contributed by atoms with Gasteiger partial charge in [0.15, 0.2) is 11.5 Å². The molecule has 0 unspecified atom stereocenters. The number of amides is 1. The van der Waals surface area contributed by atoms with E-state index in [-0.39, 0.29) is 12.1 Å². The zero-order valence-corrected chi connectivity index (χ0v) is 14.3. The second kappa shape index (κ2) is 7.53. The van der Waals surface area contributed by atoms with Gasteiger partial charge in [0.2, 0.25) is 0 Å². The van der Waals surface area contributed by atoms with Gasteiger partial charge in [-0.3, -0.25) is 4.40 Å². The summed E-state index contributed by atoms with van der Waals surface area (Å²) >= 11 is 0. The maximum atomic E-state index is 11.8. The molecule has 1 aliphatic carbocycles. The lowest BCUT2D eigenvalue weighted by Crippen LogP contribution is -2.52. The molecule has 0 atom stereocenters. The third-order valence-corrected chi connectivity index (χ3v) is 4.61. The average Bonchev–Trinajstić information content (AvgIpc) is 3.06. The number of carbonyl (C=O) groups excluding carboxylic acids is 1. The van der Waals surface area contributed by atoms with Crippen molar-refractivity contribution in [1.29, 1.82) is 0 Å². The second-order valence-electron chi connectivity index (χ2n) is 6.50. The predicted octanol–water partition coefficient (Wildman–Crippen LogP) is 2.28. The lowest BCUT2D eigenvalue weighted by molar-refractivity contribution is 0.125. The normalized spacial score (nSPS) is 19.1. The van der Waals surface area contributed by atoms with Crippen LogP contribution in [0.4, 0.5) is 4.79 Å². The molecular formula is C19H21N5O2. The highest BCUT2D eigenvalue weighted by atomic mass is 16.5. The van der Waals surface area contributed by atoms with E-state index in [2.05, 4.69) is 20.8 Å². The van der Waals surface area contributed by atoms with Gasteiger partial charge in [0.1, 0.15) is 6.61 Å². The van der Waals surface area contributed by atoms with Crippen molar-refractivity contribution in [2.75, 3.05) is 0 Å². The van der Waals surface area contributed by atoms with E-state index in [1.165, 1.54) is 0 Å². The minimum atomic E-state index is -0.360. The Morgan fingerprint density at radius 3 is 2.73 bits per heavy atom. The van der Waals surface area contributed by atoms with Gasteiger partial charge in [-0.1, -0.05) is 36.4 Å². The van der Waals surface area contributed by atoms with Crippen molar-refractivity contribution in [3.63, 3.8) is 0 Å². The van der Waals surface area contributed by atoms with Gasteiger partial charge < -0.3 is 15.4 Å². The van der Waals surface area contributed by atoms with Crippen LogP contribution in [0.15, 0.2) is 54.7 Å². The van der Waals surface area contributed by atoms with Crippen LogP contribution >= 0.6 is 0 Å². The number of hydrogen-bond acceptors (Lipinski definition) is 5. The monoisotopic (exact) mass is 351 g/mol. The van der Waals surface area contributed by atoms with Crippen LogP contribution in [0.5, 0.6) is 0 Å². The molecular weight excluding hydrogens is 330 g/mol. The Morgan fingerprint density at radius 2 is 1.88 bits per heavy atom. The number of nitrogens with one attached hydrogen (secondary N) is 2. The van der Waals surface area contributed by atoms with Crippen LogP contribution in [0.2, 0.25) is 0 Å². The summed E-state index contributed by atoms with van der Waals surface area (Å²) in [6.07, 6.45) is 3.37. The average molecular weight is 351 g/mol. The number of nitrogens with zero attached hydrogens (tertiary/aromatic N) is 3. The van der Waals surface area contributed by atoms with E-state index in [1.807, 2.05) is 59.1 Å². The van der Waals surface area contributed by atoms with Gasteiger partial charge in [-0.15, -0.1) is 10.2 Å². The van der Waals surface area contributed by atoms with E-state index in [0.717, 1.165) is 29.9 Å². The zero-order valence-electron chi connectivity index (χ0n) is 14.3. The minimum absolute atomic E-state index is 0.158. The van der Waals surface area contributed by atoms with Crippen molar-refractivity contribution in [3.8, 4) is 0 Å². The third-order valence-electron chi connectivity index (χ3n) is 4.61. The summed E-state index contributed by atoms with van der Waals surface area (Å²) in [5, 5.41) is 14.7. The predicted molar refractivity (Wildman–Crippen MR) is 96.4 cm³/mol. The van der Waals surface area contributed by atoms with Crippen molar-refractivity contribution >= 4 is 11.7 Å². The van der Waals surface area contributed by atoms with Crippen LogP contribution in [-0.2, 0) is 17.9 Å². The molecule has 0 aliphatic heterocycles. The molecule has 0 radical (unpaired) electrons. The summed E-state index contributed by atoms with van der Waals surface area (Å²) in [4.78, 5) is 11.8. The zero-order chi connectivity index (χ0) is 17.8. The maximum absolute atomic E-state index is 11.8. The molecule has 1 aliphatic rings. The summed E-state index contributed by atoms with van der Waals surface area (Å²) in [7, 11) is 0. The Labute approximate surface area is 151 Å². The fourth-order valence-corrected chi connectivity index (χ4v) is 3.08. The molecule has 26 heavy (non-hydrogen) atoms. The largest absolute Gasteiger partial charge is 0.445 e. The molecule has 134 valence electrons. The third kappa shape index (κ3) is 3.83. The number of alkyl carbamates (subject to hydrolysis) is 1. The van der Waals surface area contributed by atoms with Crippen molar-refractivity contribution in [2.45, 2.75) is 38.1 Å². The molecule has 1 aromatic carbocycles. The van der Waals surface area contributed by atoms with E-state index < -0.39 is 0 Å². The van der Waals surface area contributed by atoms with E-state index in [0.29, 0.717) is 19.2 Å². The van der Waals surface area contributed by atoms with Crippen LogP contribution in [0.25, 0.3) is 5.65 Å². The lowest BCUT2D eigenvalue weighted by atomic mass is 9.87. The Hall–Kier alpha value is -2.93. The number of ether oxygens (including phenoxy) is 1. The highest BCUT2D eigenvalue weighted by Crippen LogP contribution is 2.20. The van der Waals surface area contributed by atoms with E-state index in [4.69, 9.17) is 4.74 Å². The number of benzene rings is 1. The number of aromatic nitrogens is 3. The Balaban J connectivity index is 1.17. The van der Waals surface area contributed by atoms with Crippen molar-refractivity contribution in [2.24, 2.45) is 0 Å². The number of hydrogen-bond donors (Lipinski definition) is 2. The first-order valence-corrected chi connectivity index (χ1v) is 8.77. The van der Waals surface area contributed by atoms with Gasteiger partial charge in [0, 0.05) is 18.3 Å². The maximum Gasteiger partial charge on any atom is 0.407 e. The SMILES string of the molecule is O=C(NC1CC(NCc2nnc3ccccn23)C1)OCc1ccccc1. The molecule has 1 amide bonds. The van der Waals surface area contributed by atoms with Gasteiger partial charge in [-0.2, -0.15) is 0 Å². The quantitative estimate of drug-likeness (QED) is 0.712. The summed E-state index contributed by atoms with van der Waals surface area (Å²) in [6.45, 7) is 0.946. The molecule has 3 aromatic rings. The first kappa shape index (κ1) is 16.5. The van der Waals surface area contributed by atoms with Crippen LogP contribution in [0.1, 0.15) is 24.2 Å². The van der Waals surface area contributed by atoms with Gasteiger partial charge in [0.25, 0.3) is 0 Å². The van der Waals surface area contributed by atoms with E-state index in [9.17, 15) is 4.79 Å². The van der Waals surface area contributed by atoms with E-state index in [1.54, 1.807) is 0 Å². The van der Waals surface area contributed by atoms with Gasteiger partial charge in [0.05, 0.1) is 6.54 Å². The smallest absolute Gasteiger partial charge is 0.407 e. The minimum Gasteiger partial charge on any atom is -0.445 e. The number of carbonyl (C=O) groups is 1. The highest BCUT2D eigenvalue weighted by molar-refractivity contribution is 5.67. The Bertz CT molecular complexity index is 874. The number of rotatable bonds is 6. The second-order valence-corrected chi connectivity index (χ2v) is 6.50. The molecule has 4 rings (SSSR count). The molecule has 7 heteroatoms. The lowest BCUT2D eigenvalue weighted by Gasteiger charge is -2.35. The first-order valence-electron chi connectivity index (χ1n) is 8.77. The Morgan fingerprint density at radius 1 is 1.08 bits per heavy atom. The summed E-state index contributed by atoms with van der Waals surface area (Å²) in [5.41, 5.74) is 1.83. The molecule has 1 fully saturated rings. The molecule has 2 aromatic heterocycles. The highest BCUT2D eigenvalue weighted by Gasteiger charge is 2.30. The summed E-state index contributed by atoms with van der Waals surface area (Å²) < 4.78 is 7.22. The van der Waals surface area contributed by atoms with Crippen LogP contribution in [-0.4, -0.2) is 32.8 Å². The van der Waals surface area contributed by atoms with Crippen molar-refractivity contribution < 1.29 is 9.53 Å². The van der Waals surface area contributed by atoms with Crippen molar-refractivity contribution in [3.05, 3.63) is 66.1 Å². The van der Waals surface area contributed by atoms with Crippen LogP contribution < -0.4 is 10.6 Å². The van der Waals surface area contributed by atoms with Gasteiger partial charge >= 0.3 is 6.09 Å². The number of pyridine rings is 1. The molecule has 0 spiro atoms. The summed E-state index contributed by atoms with van der Waals surface area (Å²) in [6, 6.07) is 16.0. The molecule has 0 saturated heterocycles. The van der Waals surface area contributed by atoms with Gasteiger partial charge in [-0.05, 0) is 30.5 Å². The number of fused-ring (bicyclic) bond motifs is 1. The fourth-order valence-electron chi connectivity index (χ4n) is 3.08. The van der Waals surface area contributed by atoms with Gasteiger partial charge in [-0.25, -0.2) is 4.79 Å². The molecule has 7 nitrogen and oxygen atoms in total. The van der Waals surface area contributed by atoms with Crippen molar-refractivity contribution in [1.82, 2.24) is 25.2 Å². The Kier molecular flexibility index (Phi) is 4.79. The topological polar surface area (TPSA) is 80.5 Å². The molecule has 0 bridgehead atoms. The van der Waals surface area contributed by atoms with E-state index >= 15 is 0 Å². The fraction of sp³-hybridized carbons (Fsp3) is 0.316. The molecule has 1 saturated carbocycles. The standard InChI is InChI=1S/C19H21N5O2/c25-19(26-13-14-6-2-1-3-7-14)21-16-10-15(11-16)20-12-18-23-22-17-8-4-5-9-24(17)18/h1-9,15-16,20H,10-13H2,(H,21,25). The molecule has 2 heterocycles.